The van der Waals surface area contributed by atoms with Crippen molar-refractivity contribution in [1.82, 2.24) is 16.0 Å². The first-order valence-electron chi connectivity index (χ1n) is 10.9. The fourth-order valence-electron chi connectivity index (χ4n) is 2.68. The monoisotopic (exact) mass is 502 g/mol. The van der Waals surface area contributed by atoms with Gasteiger partial charge in [0.1, 0.15) is 24.2 Å². The van der Waals surface area contributed by atoms with E-state index in [1.807, 2.05) is 0 Å². The highest BCUT2D eigenvalue weighted by Gasteiger charge is 2.29. The summed E-state index contributed by atoms with van der Waals surface area (Å²) in [4.78, 5) is 56.7. The van der Waals surface area contributed by atoms with Crippen molar-refractivity contribution in [2.45, 2.75) is 69.8 Å². The predicted octanol–water partition coefficient (Wildman–Crippen LogP) is -4.64. The maximum absolute atomic E-state index is 13.0. The van der Waals surface area contributed by atoms with Gasteiger partial charge in [-0.1, -0.05) is 0 Å². The van der Waals surface area contributed by atoms with Crippen LogP contribution in [-0.2, 0) is 19.2 Å². The molecule has 0 aromatic rings. The lowest BCUT2D eigenvalue weighted by Crippen LogP contribution is -2.57. The Bertz CT molecular complexity index is 780. The Morgan fingerprint density at radius 2 is 1.17 bits per heavy atom. The standard InChI is InChI=1S/C19H38N10O6/c1-9(17(34)35)27-14(31)11(5-3-7-25-18(21)22)28-15(32)12(6-4-8-26-19(23)24)29-16(33)13(20)10(2)30/h9-13,30H,3-8,20H2,1-2H3,(H,27,31)(H,28,32)(H,29,33)(H,34,35)(H4,21,22,25)(H4,23,24,26). The second-order valence-electron chi connectivity index (χ2n) is 7.85. The molecular formula is C19H38N10O6. The average molecular weight is 503 g/mol. The summed E-state index contributed by atoms with van der Waals surface area (Å²) >= 11 is 0. The number of hydrogen-bond acceptors (Lipinski definition) is 8. The van der Waals surface area contributed by atoms with Crippen LogP contribution in [0.1, 0.15) is 39.5 Å². The van der Waals surface area contributed by atoms with Gasteiger partial charge in [0.25, 0.3) is 0 Å². The van der Waals surface area contributed by atoms with Crippen LogP contribution in [0.4, 0.5) is 0 Å². The van der Waals surface area contributed by atoms with E-state index in [1.54, 1.807) is 0 Å². The lowest BCUT2D eigenvalue weighted by atomic mass is 10.1. The molecule has 5 atom stereocenters. The molecule has 0 spiro atoms. The van der Waals surface area contributed by atoms with E-state index in [9.17, 15) is 24.3 Å². The zero-order chi connectivity index (χ0) is 27.1. The van der Waals surface area contributed by atoms with Gasteiger partial charge in [0.05, 0.1) is 6.10 Å². The zero-order valence-corrected chi connectivity index (χ0v) is 19.9. The number of rotatable bonds is 16. The molecule has 35 heavy (non-hydrogen) atoms. The highest BCUT2D eigenvalue weighted by atomic mass is 16.4. The molecule has 0 aliphatic heterocycles. The summed E-state index contributed by atoms with van der Waals surface area (Å²) in [6.07, 6.45) is -0.451. The third-order valence-corrected chi connectivity index (χ3v) is 4.71. The SMILES string of the molecule is CC(NC(=O)C(CCCN=C(N)N)NC(=O)C(CCCN=C(N)N)NC(=O)C(N)C(C)O)C(=O)O. The average Bonchev–Trinajstić information content (AvgIpc) is 2.76. The van der Waals surface area contributed by atoms with E-state index in [2.05, 4.69) is 25.9 Å². The highest BCUT2D eigenvalue weighted by Crippen LogP contribution is 2.05. The first kappa shape index (κ1) is 31.3. The van der Waals surface area contributed by atoms with Gasteiger partial charge in [-0.05, 0) is 39.5 Å². The van der Waals surface area contributed by atoms with Crippen LogP contribution in [0, 0.1) is 0 Å². The first-order chi connectivity index (χ1) is 16.3. The Balaban J connectivity index is 5.55. The van der Waals surface area contributed by atoms with Crippen molar-refractivity contribution in [3.8, 4) is 0 Å². The fraction of sp³-hybridized carbons (Fsp3) is 0.684. The highest BCUT2D eigenvalue weighted by molar-refractivity contribution is 5.94. The molecule has 0 saturated heterocycles. The van der Waals surface area contributed by atoms with Gasteiger partial charge in [0, 0.05) is 13.1 Å². The molecule has 0 aliphatic carbocycles. The van der Waals surface area contributed by atoms with Crippen molar-refractivity contribution < 1.29 is 29.4 Å². The molecule has 3 amide bonds. The largest absolute Gasteiger partial charge is 0.480 e. The van der Waals surface area contributed by atoms with Crippen LogP contribution in [0.2, 0.25) is 0 Å². The van der Waals surface area contributed by atoms with Crippen molar-refractivity contribution in [2.75, 3.05) is 13.1 Å². The van der Waals surface area contributed by atoms with E-state index < -0.39 is 54.0 Å². The minimum atomic E-state index is -1.29. The van der Waals surface area contributed by atoms with Crippen LogP contribution in [-0.4, -0.2) is 89.2 Å². The van der Waals surface area contributed by atoms with Gasteiger partial charge in [-0.3, -0.25) is 29.2 Å². The van der Waals surface area contributed by atoms with E-state index in [1.165, 1.54) is 13.8 Å². The Labute approximate surface area is 203 Å². The topological polar surface area (TPSA) is 300 Å². The van der Waals surface area contributed by atoms with Crippen LogP contribution in [0.25, 0.3) is 0 Å². The number of carboxylic acid groups (broad SMARTS) is 1. The summed E-state index contributed by atoms with van der Waals surface area (Å²) in [5.74, 6) is -3.81. The van der Waals surface area contributed by atoms with Gasteiger partial charge < -0.3 is 54.8 Å². The van der Waals surface area contributed by atoms with Crippen molar-refractivity contribution >= 4 is 35.6 Å². The van der Waals surface area contributed by atoms with E-state index in [0.29, 0.717) is 0 Å². The molecule has 16 heteroatoms. The van der Waals surface area contributed by atoms with Crippen LogP contribution < -0.4 is 44.6 Å². The maximum Gasteiger partial charge on any atom is 0.325 e. The predicted molar refractivity (Wildman–Crippen MR) is 129 cm³/mol. The molecule has 0 saturated carbocycles. The van der Waals surface area contributed by atoms with Gasteiger partial charge in [-0.2, -0.15) is 0 Å². The molecule has 0 rings (SSSR count). The number of hydrogen-bond donors (Lipinski definition) is 10. The molecule has 0 bridgehead atoms. The smallest absolute Gasteiger partial charge is 0.325 e. The van der Waals surface area contributed by atoms with Gasteiger partial charge in [-0.15, -0.1) is 0 Å². The van der Waals surface area contributed by atoms with E-state index in [4.69, 9.17) is 33.8 Å². The number of aliphatic carboxylic acids is 1. The number of aliphatic imine (C=N–C) groups is 2. The van der Waals surface area contributed by atoms with Crippen LogP contribution in [0.5, 0.6) is 0 Å². The number of amides is 3. The van der Waals surface area contributed by atoms with Crippen molar-refractivity contribution in [3.63, 3.8) is 0 Å². The second kappa shape index (κ2) is 16.0. The minimum absolute atomic E-state index is 0.0720. The number of carbonyl (C=O) groups excluding carboxylic acids is 3. The molecule has 0 aromatic heterocycles. The molecule has 0 fully saturated rings. The summed E-state index contributed by atoms with van der Waals surface area (Å²) in [6.45, 7) is 2.92. The second-order valence-corrected chi connectivity index (χ2v) is 7.85. The first-order valence-corrected chi connectivity index (χ1v) is 10.9. The number of guanidine groups is 2. The number of aliphatic hydroxyl groups is 1. The Morgan fingerprint density at radius 3 is 1.54 bits per heavy atom. The Morgan fingerprint density at radius 1 is 0.771 bits per heavy atom. The number of aliphatic hydroxyl groups excluding tert-OH is 1. The fourth-order valence-corrected chi connectivity index (χ4v) is 2.68. The third kappa shape index (κ3) is 13.6. The summed E-state index contributed by atoms with van der Waals surface area (Å²) in [5.41, 5.74) is 26.8. The quantitative estimate of drug-likeness (QED) is 0.0543. The van der Waals surface area contributed by atoms with Gasteiger partial charge >= 0.3 is 5.97 Å². The molecular weight excluding hydrogens is 464 g/mol. The number of nitrogens with zero attached hydrogens (tertiary/aromatic N) is 2. The van der Waals surface area contributed by atoms with Crippen LogP contribution >= 0.6 is 0 Å². The van der Waals surface area contributed by atoms with Crippen molar-refractivity contribution in [3.05, 3.63) is 0 Å². The number of nitrogens with two attached hydrogens (primary N) is 5. The molecule has 15 N–H and O–H groups in total. The van der Waals surface area contributed by atoms with E-state index in [0.717, 1.165) is 0 Å². The maximum atomic E-state index is 13.0. The Hall–Kier alpha value is -3.66. The molecule has 0 radical (unpaired) electrons. The lowest BCUT2D eigenvalue weighted by Gasteiger charge is -2.25. The van der Waals surface area contributed by atoms with Crippen molar-refractivity contribution in [1.29, 1.82) is 0 Å². The van der Waals surface area contributed by atoms with Crippen molar-refractivity contribution in [2.24, 2.45) is 38.7 Å². The number of carboxylic acids is 1. The molecule has 0 aromatic carbocycles. The van der Waals surface area contributed by atoms with E-state index in [-0.39, 0.29) is 50.7 Å². The Kier molecular flexibility index (Phi) is 14.4. The minimum Gasteiger partial charge on any atom is -0.480 e. The summed E-state index contributed by atoms with van der Waals surface area (Å²) in [5, 5.41) is 25.9. The normalized spacial score (nSPS) is 14.9. The number of nitrogens with one attached hydrogen (secondary N) is 3. The lowest BCUT2D eigenvalue weighted by molar-refractivity contribution is -0.141. The molecule has 16 nitrogen and oxygen atoms in total. The molecule has 0 heterocycles. The van der Waals surface area contributed by atoms with Crippen LogP contribution in [0.3, 0.4) is 0 Å². The summed E-state index contributed by atoms with van der Waals surface area (Å²) < 4.78 is 0. The van der Waals surface area contributed by atoms with E-state index >= 15 is 0 Å². The number of carbonyl (C=O) groups is 4. The van der Waals surface area contributed by atoms with Gasteiger partial charge in [0.15, 0.2) is 11.9 Å². The summed E-state index contributed by atoms with van der Waals surface area (Å²) in [7, 11) is 0. The van der Waals surface area contributed by atoms with Gasteiger partial charge in [-0.25, -0.2) is 0 Å². The summed E-state index contributed by atoms with van der Waals surface area (Å²) in [6, 6.07) is -4.80. The van der Waals surface area contributed by atoms with Crippen LogP contribution in [0.15, 0.2) is 9.98 Å². The molecule has 5 unspecified atom stereocenters. The zero-order valence-electron chi connectivity index (χ0n) is 19.9. The molecule has 200 valence electrons. The molecule has 0 aliphatic rings. The van der Waals surface area contributed by atoms with Gasteiger partial charge in [0.2, 0.25) is 17.7 Å². The third-order valence-electron chi connectivity index (χ3n) is 4.71.